The number of benzene rings is 2. The van der Waals surface area contributed by atoms with E-state index in [1.165, 1.54) is 20.0 Å². The quantitative estimate of drug-likeness (QED) is 0.299. The first-order chi connectivity index (χ1) is 19.7. The molecule has 0 spiro atoms. The standard InChI is InChI=1S/C31H37N5O4S/c1-5-28-33-30-21(2)16-22(3)32-31(30)36(28)19-23-8-11-25(12-9-23)26-17-24(18-35-14-6-7-15-35)10-13-27(26)41(38,39)34-29(37)20-40-4/h8-13,16-17H,5-7,14-15,18-20H2,1-4H3,(H,34,37). The van der Waals surface area contributed by atoms with Crippen molar-refractivity contribution in [1.82, 2.24) is 24.2 Å². The van der Waals surface area contributed by atoms with E-state index in [2.05, 4.69) is 34.1 Å². The highest BCUT2D eigenvalue weighted by atomic mass is 32.2. The van der Waals surface area contributed by atoms with E-state index in [0.717, 1.165) is 71.0 Å². The van der Waals surface area contributed by atoms with Crippen molar-refractivity contribution >= 4 is 27.1 Å². The van der Waals surface area contributed by atoms with Crippen LogP contribution in [0.2, 0.25) is 0 Å². The number of aromatic nitrogens is 3. The van der Waals surface area contributed by atoms with Crippen molar-refractivity contribution in [1.29, 1.82) is 0 Å². The van der Waals surface area contributed by atoms with Gasteiger partial charge in [0.2, 0.25) is 0 Å². The maximum absolute atomic E-state index is 13.3. The number of imidazole rings is 1. The Morgan fingerprint density at radius 3 is 2.37 bits per heavy atom. The molecule has 1 aliphatic rings. The van der Waals surface area contributed by atoms with Crippen LogP contribution in [0.3, 0.4) is 0 Å². The molecule has 0 atom stereocenters. The van der Waals surface area contributed by atoms with Gasteiger partial charge in [-0.05, 0) is 80.2 Å². The van der Waals surface area contributed by atoms with Crippen LogP contribution in [0.4, 0.5) is 0 Å². The molecular formula is C31H37N5O4S. The minimum atomic E-state index is -4.11. The van der Waals surface area contributed by atoms with Gasteiger partial charge in [0.1, 0.15) is 17.9 Å². The number of likely N-dealkylation sites (tertiary alicyclic amines) is 1. The molecular weight excluding hydrogens is 538 g/mol. The van der Waals surface area contributed by atoms with Crippen LogP contribution in [0, 0.1) is 13.8 Å². The number of nitrogens with zero attached hydrogens (tertiary/aromatic N) is 4. The maximum atomic E-state index is 13.3. The number of nitrogens with one attached hydrogen (secondary N) is 1. The molecule has 2 aromatic heterocycles. The first-order valence-corrected chi connectivity index (χ1v) is 15.5. The summed E-state index contributed by atoms with van der Waals surface area (Å²) >= 11 is 0. The first-order valence-electron chi connectivity index (χ1n) is 14.0. The highest BCUT2D eigenvalue weighted by molar-refractivity contribution is 7.90. The van der Waals surface area contributed by atoms with E-state index in [9.17, 15) is 13.2 Å². The monoisotopic (exact) mass is 575 g/mol. The SMILES string of the molecule is CCc1nc2c(C)cc(C)nc2n1Cc1ccc(-c2cc(CN3CCCC3)ccc2S(=O)(=O)NC(=O)COC)cc1. The van der Waals surface area contributed by atoms with Crippen LogP contribution in [-0.4, -0.2) is 60.6 Å². The lowest BCUT2D eigenvalue weighted by Crippen LogP contribution is -2.33. The smallest absolute Gasteiger partial charge is 0.264 e. The molecule has 1 fully saturated rings. The van der Waals surface area contributed by atoms with Crippen molar-refractivity contribution in [2.24, 2.45) is 0 Å². The van der Waals surface area contributed by atoms with Crippen LogP contribution in [0.5, 0.6) is 0 Å². The Morgan fingerprint density at radius 1 is 0.976 bits per heavy atom. The Kier molecular flexibility index (Phi) is 8.53. The van der Waals surface area contributed by atoms with Crippen molar-refractivity contribution < 1.29 is 17.9 Å². The topological polar surface area (TPSA) is 106 Å². The lowest BCUT2D eigenvalue weighted by Gasteiger charge is -2.18. The van der Waals surface area contributed by atoms with E-state index in [0.29, 0.717) is 12.1 Å². The molecule has 0 radical (unpaired) electrons. The molecule has 1 amide bonds. The summed E-state index contributed by atoms with van der Waals surface area (Å²) in [6, 6.07) is 15.3. The van der Waals surface area contributed by atoms with Gasteiger partial charge in [-0.15, -0.1) is 0 Å². The normalized spacial score (nSPS) is 14.1. The predicted molar refractivity (Wildman–Crippen MR) is 159 cm³/mol. The van der Waals surface area contributed by atoms with Crippen molar-refractivity contribution in [3.63, 3.8) is 0 Å². The second kappa shape index (κ2) is 12.1. The molecule has 3 heterocycles. The molecule has 9 nitrogen and oxygen atoms in total. The second-order valence-corrected chi connectivity index (χ2v) is 12.3. The zero-order valence-electron chi connectivity index (χ0n) is 24.1. The van der Waals surface area contributed by atoms with E-state index in [-0.39, 0.29) is 11.5 Å². The summed E-state index contributed by atoms with van der Waals surface area (Å²) in [4.78, 5) is 24.2. The zero-order chi connectivity index (χ0) is 29.1. The fourth-order valence-corrected chi connectivity index (χ4v) is 6.74. The maximum Gasteiger partial charge on any atom is 0.264 e. The Morgan fingerprint density at radius 2 is 1.68 bits per heavy atom. The number of ether oxygens (including phenoxy) is 1. The summed E-state index contributed by atoms with van der Waals surface area (Å²) in [5, 5.41) is 0. The third-order valence-corrected chi connectivity index (χ3v) is 8.92. The van der Waals surface area contributed by atoms with Gasteiger partial charge in [0.05, 0.1) is 11.4 Å². The number of rotatable bonds is 10. The number of fused-ring (bicyclic) bond motifs is 1. The number of amides is 1. The third-order valence-electron chi connectivity index (χ3n) is 7.48. The predicted octanol–water partition coefficient (Wildman–Crippen LogP) is 4.37. The number of methoxy groups -OCH3 is 1. The lowest BCUT2D eigenvalue weighted by molar-refractivity contribution is -0.122. The molecule has 10 heteroatoms. The molecule has 41 heavy (non-hydrogen) atoms. The van der Waals surface area contributed by atoms with E-state index < -0.39 is 15.9 Å². The van der Waals surface area contributed by atoms with E-state index in [1.807, 2.05) is 43.3 Å². The van der Waals surface area contributed by atoms with Gasteiger partial charge in [0, 0.05) is 31.3 Å². The number of aryl methyl sites for hydroxylation is 3. The van der Waals surface area contributed by atoms with Gasteiger partial charge in [-0.1, -0.05) is 37.3 Å². The Labute approximate surface area is 241 Å². The summed E-state index contributed by atoms with van der Waals surface area (Å²) in [6.07, 6.45) is 3.13. The fourth-order valence-electron chi connectivity index (χ4n) is 5.56. The summed E-state index contributed by atoms with van der Waals surface area (Å²) in [5.41, 5.74) is 7.25. The molecule has 0 bridgehead atoms. The summed E-state index contributed by atoms with van der Waals surface area (Å²) in [5.74, 6) is 0.258. The molecule has 0 unspecified atom stereocenters. The van der Waals surface area contributed by atoms with Crippen molar-refractivity contribution in [3.8, 4) is 11.1 Å². The van der Waals surface area contributed by atoms with Gasteiger partial charge in [-0.2, -0.15) is 0 Å². The Bertz CT molecular complexity index is 1670. The summed E-state index contributed by atoms with van der Waals surface area (Å²) in [6.45, 7) is 9.22. The average Bonchev–Trinajstić information content (AvgIpc) is 3.57. The molecule has 4 aromatic rings. The molecule has 1 saturated heterocycles. The number of carbonyl (C=O) groups excluding carboxylic acids is 1. The third kappa shape index (κ3) is 6.34. The zero-order valence-corrected chi connectivity index (χ0v) is 24.9. The molecule has 2 aromatic carbocycles. The van der Waals surface area contributed by atoms with Crippen molar-refractivity contribution in [2.75, 3.05) is 26.8 Å². The Balaban J connectivity index is 1.50. The number of hydrogen-bond acceptors (Lipinski definition) is 7. The molecule has 0 aliphatic carbocycles. The fraction of sp³-hybridized carbons (Fsp3) is 0.387. The largest absolute Gasteiger partial charge is 0.375 e. The number of pyridine rings is 1. The number of hydrogen-bond donors (Lipinski definition) is 1. The lowest BCUT2D eigenvalue weighted by atomic mass is 10.0. The van der Waals surface area contributed by atoms with Crippen molar-refractivity contribution in [2.45, 2.75) is 58.0 Å². The molecule has 1 aliphatic heterocycles. The van der Waals surface area contributed by atoms with Gasteiger partial charge < -0.3 is 9.30 Å². The van der Waals surface area contributed by atoms with Gasteiger partial charge in [0.15, 0.2) is 5.65 Å². The van der Waals surface area contributed by atoms with Crippen molar-refractivity contribution in [3.05, 3.63) is 76.7 Å². The van der Waals surface area contributed by atoms with E-state index in [1.54, 1.807) is 6.07 Å². The van der Waals surface area contributed by atoms with Crippen LogP contribution < -0.4 is 4.72 Å². The van der Waals surface area contributed by atoms with E-state index in [4.69, 9.17) is 14.7 Å². The minimum absolute atomic E-state index is 0.0592. The summed E-state index contributed by atoms with van der Waals surface area (Å²) in [7, 11) is -2.76. The average molecular weight is 576 g/mol. The summed E-state index contributed by atoms with van der Waals surface area (Å²) < 4.78 is 35.7. The molecule has 1 N–H and O–H groups in total. The number of sulfonamides is 1. The Hall–Kier alpha value is -3.60. The highest BCUT2D eigenvalue weighted by Gasteiger charge is 2.23. The molecule has 5 rings (SSSR count). The van der Waals surface area contributed by atoms with Gasteiger partial charge in [0.25, 0.3) is 15.9 Å². The number of carbonyl (C=O) groups is 1. The molecule has 0 saturated carbocycles. The van der Waals surface area contributed by atoms with Crippen LogP contribution in [-0.2, 0) is 39.1 Å². The van der Waals surface area contributed by atoms with E-state index >= 15 is 0 Å². The molecule has 216 valence electrons. The second-order valence-electron chi connectivity index (χ2n) is 10.7. The van der Waals surface area contributed by atoms with Crippen LogP contribution in [0.25, 0.3) is 22.3 Å². The van der Waals surface area contributed by atoms with Gasteiger partial charge in [-0.3, -0.25) is 9.69 Å². The van der Waals surface area contributed by atoms with Crippen LogP contribution in [0.1, 0.15) is 48.0 Å². The minimum Gasteiger partial charge on any atom is -0.375 e. The van der Waals surface area contributed by atoms with Crippen LogP contribution >= 0.6 is 0 Å². The first kappa shape index (κ1) is 28.9. The van der Waals surface area contributed by atoms with Gasteiger partial charge >= 0.3 is 0 Å². The van der Waals surface area contributed by atoms with Crippen LogP contribution in [0.15, 0.2) is 53.4 Å². The highest BCUT2D eigenvalue weighted by Crippen LogP contribution is 2.30. The van der Waals surface area contributed by atoms with Gasteiger partial charge in [-0.25, -0.2) is 23.1 Å².